The summed E-state index contributed by atoms with van der Waals surface area (Å²) in [5.74, 6) is 1.07. The summed E-state index contributed by atoms with van der Waals surface area (Å²) in [6, 6.07) is 6.10. The van der Waals surface area contributed by atoms with E-state index < -0.39 is 0 Å². The molecule has 0 aliphatic rings. The second-order valence-electron chi connectivity index (χ2n) is 2.95. The topological polar surface area (TPSA) is 29.3 Å². The van der Waals surface area contributed by atoms with Gasteiger partial charge in [0.1, 0.15) is 5.82 Å². The van der Waals surface area contributed by atoms with Crippen LogP contribution in [-0.4, -0.2) is 15.9 Å². The molecule has 0 saturated heterocycles. The molecule has 0 bridgehead atoms. The molecule has 0 amide bonds. The van der Waals surface area contributed by atoms with Crippen LogP contribution in [0.25, 0.3) is 5.52 Å². The van der Waals surface area contributed by atoms with Gasteiger partial charge in [-0.1, -0.05) is 13.0 Å². The van der Waals surface area contributed by atoms with E-state index in [0.717, 1.165) is 24.4 Å². The molecule has 0 aliphatic carbocycles. The molecule has 68 valence electrons. The maximum absolute atomic E-state index is 4.33. The summed E-state index contributed by atoms with van der Waals surface area (Å²) in [5, 5.41) is 3.26. The average molecular weight is 175 g/mol. The minimum Gasteiger partial charge on any atom is -0.310 e. The number of aromatic nitrogens is 2. The third-order valence-corrected chi connectivity index (χ3v) is 2.05. The van der Waals surface area contributed by atoms with Gasteiger partial charge in [0.05, 0.1) is 18.3 Å². The molecule has 0 saturated carbocycles. The fraction of sp³-hybridized carbons (Fsp3) is 0.300. The minimum absolute atomic E-state index is 0.828. The Balaban J connectivity index is 2.35. The molecule has 13 heavy (non-hydrogen) atoms. The van der Waals surface area contributed by atoms with Gasteiger partial charge in [0.2, 0.25) is 0 Å². The molecule has 0 atom stereocenters. The van der Waals surface area contributed by atoms with E-state index in [1.165, 1.54) is 0 Å². The van der Waals surface area contributed by atoms with Crippen LogP contribution in [0.5, 0.6) is 0 Å². The Kier molecular flexibility index (Phi) is 2.27. The zero-order chi connectivity index (χ0) is 9.10. The van der Waals surface area contributed by atoms with Crippen molar-refractivity contribution in [2.75, 3.05) is 6.54 Å². The van der Waals surface area contributed by atoms with Crippen molar-refractivity contribution < 1.29 is 0 Å². The predicted molar refractivity (Wildman–Crippen MR) is 52.6 cm³/mol. The fourth-order valence-electron chi connectivity index (χ4n) is 1.37. The van der Waals surface area contributed by atoms with Crippen molar-refractivity contribution in [1.29, 1.82) is 0 Å². The van der Waals surface area contributed by atoms with Crippen molar-refractivity contribution in [3.05, 3.63) is 36.4 Å². The smallest absolute Gasteiger partial charge is 0.127 e. The number of rotatable bonds is 3. The van der Waals surface area contributed by atoms with Gasteiger partial charge in [-0.2, -0.15) is 0 Å². The van der Waals surface area contributed by atoms with Crippen molar-refractivity contribution >= 4 is 5.52 Å². The van der Waals surface area contributed by atoms with E-state index in [1.807, 2.05) is 24.5 Å². The van der Waals surface area contributed by atoms with Crippen molar-refractivity contribution in [2.24, 2.45) is 0 Å². The number of imidazole rings is 1. The third-order valence-electron chi connectivity index (χ3n) is 2.05. The Morgan fingerprint density at radius 2 is 2.38 bits per heavy atom. The zero-order valence-electron chi connectivity index (χ0n) is 7.70. The highest BCUT2D eigenvalue weighted by atomic mass is 15.0. The standard InChI is InChI=1S/C10H13N3/c1-2-11-8-10-12-7-9-5-3-4-6-13(9)10/h3-7,11H,2,8H2,1H3. The van der Waals surface area contributed by atoms with Crippen LogP contribution in [0.2, 0.25) is 0 Å². The van der Waals surface area contributed by atoms with Crippen LogP contribution < -0.4 is 5.32 Å². The molecule has 2 aromatic rings. The van der Waals surface area contributed by atoms with Crippen LogP contribution in [-0.2, 0) is 6.54 Å². The van der Waals surface area contributed by atoms with Gasteiger partial charge in [-0.3, -0.25) is 0 Å². The Bertz CT molecular complexity index is 392. The lowest BCUT2D eigenvalue weighted by atomic mass is 10.4. The van der Waals surface area contributed by atoms with Crippen molar-refractivity contribution in [2.45, 2.75) is 13.5 Å². The minimum atomic E-state index is 0.828. The van der Waals surface area contributed by atoms with E-state index >= 15 is 0 Å². The number of fused-ring (bicyclic) bond motifs is 1. The lowest BCUT2D eigenvalue weighted by Gasteiger charge is -2.00. The highest BCUT2D eigenvalue weighted by Crippen LogP contribution is 2.05. The van der Waals surface area contributed by atoms with E-state index in [4.69, 9.17) is 0 Å². The second kappa shape index (κ2) is 3.58. The van der Waals surface area contributed by atoms with Crippen molar-refractivity contribution in [3.8, 4) is 0 Å². The molecule has 3 nitrogen and oxygen atoms in total. The first-order valence-electron chi connectivity index (χ1n) is 4.53. The number of hydrogen-bond donors (Lipinski definition) is 1. The SMILES string of the molecule is CCNCc1ncc2ccccn12. The molecule has 0 fully saturated rings. The summed E-state index contributed by atoms with van der Waals surface area (Å²) in [6.45, 7) is 3.90. The first-order chi connectivity index (χ1) is 6.42. The van der Waals surface area contributed by atoms with Crippen molar-refractivity contribution in [3.63, 3.8) is 0 Å². The van der Waals surface area contributed by atoms with Crippen LogP contribution >= 0.6 is 0 Å². The van der Waals surface area contributed by atoms with Crippen LogP contribution in [0.3, 0.4) is 0 Å². The molecule has 1 N–H and O–H groups in total. The van der Waals surface area contributed by atoms with Gasteiger partial charge in [0.15, 0.2) is 0 Å². The quantitative estimate of drug-likeness (QED) is 0.765. The summed E-state index contributed by atoms with van der Waals surface area (Å²) >= 11 is 0. The van der Waals surface area contributed by atoms with E-state index in [2.05, 4.69) is 27.7 Å². The van der Waals surface area contributed by atoms with Gasteiger partial charge in [0, 0.05) is 6.20 Å². The third kappa shape index (κ3) is 1.55. The summed E-state index contributed by atoms with van der Waals surface area (Å²) in [5.41, 5.74) is 1.15. The Hall–Kier alpha value is -1.35. The Morgan fingerprint density at radius 1 is 1.46 bits per heavy atom. The molecule has 2 aromatic heterocycles. The van der Waals surface area contributed by atoms with Crippen LogP contribution in [0.4, 0.5) is 0 Å². The summed E-state index contributed by atoms with van der Waals surface area (Å²) in [6.07, 6.45) is 3.93. The van der Waals surface area contributed by atoms with E-state index in [0.29, 0.717) is 0 Å². The summed E-state index contributed by atoms with van der Waals surface area (Å²) < 4.78 is 2.10. The Morgan fingerprint density at radius 3 is 3.23 bits per heavy atom. The van der Waals surface area contributed by atoms with E-state index in [1.54, 1.807) is 0 Å². The van der Waals surface area contributed by atoms with Gasteiger partial charge < -0.3 is 9.72 Å². The number of nitrogens with zero attached hydrogens (tertiary/aromatic N) is 2. The molecule has 3 heteroatoms. The summed E-state index contributed by atoms with van der Waals surface area (Å²) in [4.78, 5) is 4.33. The number of hydrogen-bond acceptors (Lipinski definition) is 2. The molecular weight excluding hydrogens is 162 g/mol. The molecule has 0 unspecified atom stereocenters. The Labute approximate surface area is 77.4 Å². The van der Waals surface area contributed by atoms with Crippen LogP contribution in [0.1, 0.15) is 12.7 Å². The first kappa shape index (κ1) is 8.26. The largest absolute Gasteiger partial charge is 0.310 e. The molecular formula is C10H13N3. The number of nitrogens with one attached hydrogen (secondary N) is 1. The lowest BCUT2D eigenvalue weighted by molar-refractivity contribution is 0.688. The molecule has 0 aromatic carbocycles. The average Bonchev–Trinajstić information content (AvgIpc) is 2.58. The molecule has 0 spiro atoms. The van der Waals surface area contributed by atoms with Gasteiger partial charge in [-0.05, 0) is 18.7 Å². The zero-order valence-corrected chi connectivity index (χ0v) is 7.70. The first-order valence-corrected chi connectivity index (χ1v) is 4.53. The molecule has 0 radical (unpaired) electrons. The molecule has 0 aliphatic heterocycles. The highest BCUT2D eigenvalue weighted by Gasteiger charge is 1.99. The van der Waals surface area contributed by atoms with E-state index in [-0.39, 0.29) is 0 Å². The molecule has 2 heterocycles. The fourth-order valence-corrected chi connectivity index (χ4v) is 1.37. The summed E-state index contributed by atoms with van der Waals surface area (Å²) in [7, 11) is 0. The van der Waals surface area contributed by atoms with Crippen LogP contribution in [0, 0.1) is 0 Å². The number of pyridine rings is 1. The molecule has 2 rings (SSSR count). The van der Waals surface area contributed by atoms with Gasteiger partial charge in [-0.25, -0.2) is 4.98 Å². The normalized spacial score (nSPS) is 10.8. The second-order valence-corrected chi connectivity index (χ2v) is 2.95. The predicted octanol–water partition coefficient (Wildman–Crippen LogP) is 1.44. The maximum Gasteiger partial charge on any atom is 0.127 e. The maximum atomic E-state index is 4.33. The van der Waals surface area contributed by atoms with Crippen LogP contribution in [0.15, 0.2) is 30.6 Å². The monoisotopic (exact) mass is 175 g/mol. The van der Waals surface area contributed by atoms with E-state index in [9.17, 15) is 0 Å². The van der Waals surface area contributed by atoms with Gasteiger partial charge in [0.25, 0.3) is 0 Å². The highest BCUT2D eigenvalue weighted by molar-refractivity contribution is 5.45. The lowest BCUT2D eigenvalue weighted by Crippen LogP contribution is -2.14. The van der Waals surface area contributed by atoms with Crippen molar-refractivity contribution in [1.82, 2.24) is 14.7 Å². The van der Waals surface area contributed by atoms with Gasteiger partial charge >= 0.3 is 0 Å². The van der Waals surface area contributed by atoms with Gasteiger partial charge in [-0.15, -0.1) is 0 Å².